The van der Waals surface area contributed by atoms with Gasteiger partial charge in [0.05, 0.1) is 5.92 Å². The van der Waals surface area contributed by atoms with E-state index in [1.54, 1.807) is 13.8 Å². The molecular formula is C12H15F2NO2. The lowest BCUT2D eigenvalue weighted by Gasteiger charge is -2.17. The summed E-state index contributed by atoms with van der Waals surface area (Å²) in [6.45, 7) is 3.45. The summed E-state index contributed by atoms with van der Waals surface area (Å²) in [5.74, 6) is -2.74. The van der Waals surface area contributed by atoms with Gasteiger partial charge >= 0.3 is 5.97 Å². The molecule has 0 spiro atoms. The highest BCUT2D eigenvalue weighted by Crippen LogP contribution is 2.10. The van der Waals surface area contributed by atoms with Crippen molar-refractivity contribution >= 4 is 5.97 Å². The predicted octanol–water partition coefficient (Wildman–Crippen LogP) is 2.16. The highest BCUT2D eigenvalue weighted by atomic mass is 19.1. The van der Waals surface area contributed by atoms with Gasteiger partial charge in [0.25, 0.3) is 0 Å². The Kier molecular flexibility index (Phi) is 4.57. The number of benzene rings is 1. The molecule has 5 heteroatoms. The monoisotopic (exact) mass is 243 g/mol. The standard InChI is InChI=1S/C12H15F2NO2/c1-7(12(16)17)8(2)15-6-9-3-4-10(13)5-11(9)14/h3-5,7-8,15H,6H2,1-2H3,(H,16,17). The maximum Gasteiger partial charge on any atom is 0.307 e. The van der Waals surface area contributed by atoms with E-state index in [0.717, 1.165) is 6.07 Å². The second kappa shape index (κ2) is 5.72. The Morgan fingerprint density at radius 1 is 1.41 bits per heavy atom. The number of hydrogen-bond acceptors (Lipinski definition) is 2. The molecule has 2 N–H and O–H groups in total. The van der Waals surface area contributed by atoms with E-state index in [1.165, 1.54) is 12.1 Å². The molecule has 1 aromatic carbocycles. The van der Waals surface area contributed by atoms with Crippen LogP contribution in [-0.4, -0.2) is 17.1 Å². The van der Waals surface area contributed by atoms with Gasteiger partial charge < -0.3 is 10.4 Å². The SMILES string of the molecule is CC(NCc1ccc(F)cc1F)C(C)C(=O)O. The maximum atomic E-state index is 13.3. The smallest absolute Gasteiger partial charge is 0.307 e. The van der Waals surface area contributed by atoms with Crippen LogP contribution in [0.15, 0.2) is 18.2 Å². The van der Waals surface area contributed by atoms with E-state index in [0.29, 0.717) is 5.56 Å². The van der Waals surface area contributed by atoms with Crippen LogP contribution in [0.5, 0.6) is 0 Å². The topological polar surface area (TPSA) is 49.3 Å². The van der Waals surface area contributed by atoms with Crippen molar-refractivity contribution in [2.45, 2.75) is 26.4 Å². The van der Waals surface area contributed by atoms with Crippen molar-refractivity contribution in [3.8, 4) is 0 Å². The third-order valence-electron chi connectivity index (χ3n) is 2.77. The molecule has 0 aliphatic heterocycles. The molecule has 0 amide bonds. The van der Waals surface area contributed by atoms with Gasteiger partial charge in [0.2, 0.25) is 0 Å². The molecular weight excluding hydrogens is 228 g/mol. The summed E-state index contributed by atoms with van der Waals surface area (Å²) in [7, 11) is 0. The normalized spacial score (nSPS) is 14.4. The first-order valence-electron chi connectivity index (χ1n) is 5.32. The van der Waals surface area contributed by atoms with Gasteiger partial charge in [-0.05, 0) is 13.0 Å². The molecule has 0 fully saturated rings. The molecule has 94 valence electrons. The Labute approximate surface area is 98.5 Å². The molecule has 2 unspecified atom stereocenters. The lowest BCUT2D eigenvalue weighted by atomic mass is 10.0. The second-order valence-electron chi connectivity index (χ2n) is 4.03. The number of halogens is 2. The summed E-state index contributed by atoms with van der Waals surface area (Å²) in [6, 6.07) is 3.03. The number of carboxylic acid groups (broad SMARTS) is 1. The van der Waals surface area contributed by atoms with Gasteiger partial charge in [-0.3, -0.25) is 4.79 Å². The molecule has 2 atom stereocenters. The fraction of sp³-hybridized carbons (Fsp3) is 0.417. The molecule has 1 aromatic rings. The van der Waals surface area contributed by atoms with Crippen LogP contribution in [0.4, 0.5) is 8.78 Å². The quantitative estimate of drug-likeness (QED) is 0.833. The molecule has 0 heterocycles. The lowest BCUT2D eigenvalue weighted by molar-refractivity contribution is -0.141. The van der Waals surface area contributed by atoms with Crippen molar-refractivity contribution in [3.05, 3.63) is 35.4 Å². The molecule has 0 saturated heterocycles. The first-order chi connectivity index (χ1) is 7.91. The third kappa shape index (κ3) is 3.78. The predicted molar refractivity (Wildman–Crippen MR) is 59.5 cm³/mol. The van der Waals surface area contributed by atoms with Gasteiger partial charge in [-0.15, -0.1) is 0 Å². The fourth-order valence-electron chi connectivity index (χ4n) is 1.33. The number of carboxylic acids is 1. The molecule has 0 aromatic heterocycles. The van der Waals surface area contributed by atoms with Crippen LogP contribution >= 0.6 is 0 Å². The van der Waals surface area contributed by atoms with Gasteiger partial charge in [0.15, 0.2) is 0 Å². The Hall–Kier alpha value is -1.49. The van der Waals surface area contributed by atoms with E-state index in [4.69, 9.17) is 5.11 Å². The van der Waals surface area contributed by atoms with Crippen LogP contribution in [0.2, 0.25) is 0 Å². The van der Waals surface area contributed by atoms with E-state index in [9.17, 15) is 13.6 Å². The summed E-state index contributed by atoms with van der Waals surface area (Å²) < 4.78 is 25.9. The largest absolute Gasteiger partial charge is 0.481 e. The Balaban J connectivity index is 2.58. The van der Waals surface area contributed by atoms with Gasteiger partial charge in [-0.25, -0.2) is 8.78 Å². The maximum absolute atomic E-state index is 13.3. The zero-order valence-electron chi connectivity index (χ0n) is 9.71. The van der Waals surface area contributed by atoms with Crippen molar-refractivity contribution in [1.29, 1.82) is 0 Å². The van der Waals surface area contributed by atoms with E-state index >= 15 is 0 Å². The van der Waals surface area contributed by atoms with Gasteiger partial charge in [0, 0.05) is 24.2 Å². The molecule has 0 bridgehead atoms. The highest BCUT2D eigenvalue weighted by molar-refractivity contribution is 5.70. The molecule has 0 aliphatic carbocycles. The lowest BCUT2D eigenvalue weighted by Crippen LogP contribution is -2.35. The first-order valence-corrected chi connectivity index (χ1v) is 5.32. The van der Waals surface area contributed by atoms with E-state index < -0.39 is 23.5 Å². The van der Waals surface area contributed by atoms with Crippen molar-refractivity contribution in [1.82, 2.24) is 5.32 Å². The van der Waals surface area contributed by atoms with E-state index in [-0.39, 0.29) is 12.6 Å². The van der Waals surface area contributed by atoms with Crippen molar-refractivity contribution < 1.29 is 18.7 Å². The Morgan fingerprint density at radius 3 is 2.59 bits per heavy atom. The summed E-state index contributed by atoms with van der Waals surface area (Å²) in [5.41, 5.74) is 0.316. The zero-order chi connectivity index (χ0) is 13.0. The number of hydrogen-bond donors (Lipinski definition) is 2. The Bertz CT molecular complexity index is 409. The first kappa shape index (κ1) is 13.6. The van der Waals surface area contributed by atoms with E-state index in [1.807, 2.05) is 0 Å². The molecule has 0 aliphatic rings. The molecule has 3 nitrogen and oxygen atoms in total. The van der Waals surface area contributed by atoms with Crippen molar-refractivity contribution in [2.24, 2.45) is 5.92 Å². The molecule has 0 radical (unpaired) electrons. The zero-order valence-corrected chi connectivity index (χ0v) is 9.71. The number of nitrogens with one attached hydrogen (secondary N) is 1. The van der Waals surface area contributed by atoms with Crippen LogP contribution in [0, 0.1) is 17.6 Å². The van der Waals surface area contributed by atoms with Crippen LogP contribution in [0.25, 0.3) is 0 Å². The van der Waals surface area contributed by atoms with Gasteiger partial charge in [-0.1, -0.05) is 13.0 Å². The highest BCUT2D eigenvalue weighted by Gasteiger charge is 2.18. The van der Waals surface area contributed by atoms with Crippen LogP contribution in [-0.2, 0) is 11.3 Å². The molecule has 0 saturated carbocycles. The number of rotatable bonds is 5. The third-order valence-corrected chi connectivity index (χ3v) is 2.77. The average Bonchev–Trinajstić information content (AvgIpc) is 2.26. The number of aliphatic carboxylic acids is 1. The second-order valence-corrected chi connectivity index (χ2v) is 4.03. The minimum Gasteiger partial charge on any atom is -0.481 e. The van der Waals surface area contributed by atoms with Gasteiger partial charge in [-0.2, -0.15) is 0 Å². The Morgan fingerprint density at radius 2 is 2.06 bits per heavy atom. The van der Waals surface area contributed by atoms with Crippen LogP contribution in [0.3, 0.4) is 0 Å². The minimum absolute atomic E-state index is 0.172. The number of carbonyl (C=O) groups is 1. The van der Waals surface area contributed by atoms with Crippen LogP contribution < -0.4 is 5.32 Å². The van der Waals surface area contributed by atoms with Gasteiger partial charge in [0.1, 0.15) is 11.6 Å². The average molecular weight is 243 g/mol. The van der Waals surface area contributed by atoms with Crippen molar-refractivity contribution in [3.63, 3.8) is 0 Å². The fourth-order valence-corrected chi connectivity index (χ4v) is 1.33. The summed E-state index contributed by atoms with van der Waals surface area (Å²) >= 11 is 0. The van der Waals surface area contributed by atoms with E-state index in [2.05, 4.69) is 5.32 Å². The minimum atomic E-state index is -0.912. The summed E-state index contributed by atoms with van der Waals surface area (Å²) in [5, 5.41) is 11.7. The summed E-state index contributed by atoms with van der Waals surface area (Å²) in [6.07, 6.45) is 0. The van der Waals surface area contributed by atoms with Crippen molar-refractivity contribution in [2.75, 3.05) is 0 Å². The molecule has 1 rings (SSSR count). The van der Waals surface area contributed by atoms with Crippen LogP contribution in [0.1, 0.15) is 19.4 Å². The summed E-state index contributed by atoms with van der Waals surface area (Å²) in [4.78, 5) is 10.7. The molecule has 17 heavy (non-hydrogen) atoms.